The van der Waals surface area contributed by atoms with Crippen LogP contribution >= 0.6 is 0 Å². The van der Waals surface area contributed by atoms with Crippen molar-refractivity contribution in [3.63, 3.8) is 0 Å². The molecule has 1 aromatic rings. The van der Waals surface area contributed by atoms with Crippen LogP contribution in [0.2, 0.25) is 0 Å². The summed E-state index contributed by atoms with van der Waals surface area (Å²) in [6.45, 7) is 0. The summed E-state index contributed by atoms with van der Waals surface area (Å²) in [5, 5.41) is 8.00. The molecule has 0 saturated heterocycles. The average molecular weight is 233 g/mol. The fraction of sp³-hybridized carbons (Fsp3) is 0. The Kier molecular flexibility index (Phi) is 22.5. The van der Waals surface area contributed by atoms with Crippen LogP contribution in [0.15, 0.2) is 22.8 Å². The van der Waals surface area contributed by atoms with E-state index in [-0.39, 0.29) is 83.4 Å². The van der Waals surface area contributed by atoms with Crippen molar-refractivity contribution in [3.8, 4) is 5.95 Å². The van der Waals surface area contributed by atoms with E-state index in [1.807, 2.05) is 0 Å². The van der Waals surface area contributed by atoms with Crippen molar-refractivity contribution in [2.75, 3.05) is 0 Å². The number of rotatable bonds is 1. The van der Waals surface area contributed by atoms with E-state index >= 15 is 0 Å². The van der Waals surface area contributed by atoms with Crippen LogP contribution in [0.1, 0.15) is 5.71 Å². The Morgan fingerprint density at radius 3 is 2.38 bits per heavy atom. The summed E-state index contributed by atoms with van der Waals surface area (Å²) in [6, 6.07) is 2.95. The van der Waals surface area contributed by atoms with E-state index in [9.17, 15) is 4.79 Å². The third-order valence-corrected chi connectivity index (χ3v) is 0.683. The molecule has 5 N–H and O–H groups in total. The third-order valence-electron chi connectivity index (χ3n) is 0.683. The molecule has 0 atom stereocenters. The number of furan rings is 1. The molecule has 0 aliphatic heterocycles. The molecule has 72 valence electrons. The number of hydrogen-bond acceptors (Lipinski definition) is 3. The molecule has 0 spiro atoms. The van der Waals surface area contributed by atoms with Crippen LogP contribution in [0.3, 0.4) is 0 Å². The molecule has 0 aliphatic rings. The summed E-state index contributed by atoms with van der Waals surface area (Å²) in [4.78, 5) is 9.78. The van der Waals surface area contributed by atoms with E-state index < -0.39 is 6.16 Å². The maximum absolute atomic E-state index is 9.78. The Balaban J connectivity index is -0.0000000169. The molecular weight excluding hydrogens is 220 g/mol. The van der Waals surface area contributed by atoms with Gasteiger partial charge in [-0.3, -0.25) is 0 Å². The van der Waals surface area contributed by atoms with Crippen LogP contribution < -0.4 is 4.74 Å². The smallest absolute Gasteiger partial charge is 1.00 e. The zero-order chi connectivity index (χ0) is 6.69. The minimum atomic E-state index is -1.37. The summed E-state index contributed by atoms with van der Waals surface area (Å²) >= 11 is 0. The maximum Gasteiger partial charge on any atom is 2.00 e. The summed E-state index contributed by atoms with van der Waals surface area (Å²) in [7, 11) is 0. The molecule has 0 aliphatic carbocycles. The summed E-state index contributed by atoms with van der Waals surface area (Å²) < 4.78 is 8.65. The molecule has 1 rings (SSSR count). The monoisotopic (exact) mass is 232 g/mol. The SMILES string of the molecule is O.O.O=C(O)Oc1ccco1.[Ca+2].[H-].[H-].[H-].[H-].[Mg+2]. The van der Waals surface area contributed by atoms with E-state index in [0.29, 0.717) is 0 Å². The minimum absolute atomic E-state index is 0. The number of carboxylic acid groups (broad SMARTS) is 1. The van der Waals surface area contributed by atoms with Crippen molar-refractivity contribution in [2.45, 2.75) is 0 Å². The molecule has 0 amide bonds. The second-order valence-corrected chi connectivity index (χ2v) is 1.30. The Bertz CT molecular complexity index is 214. The predicted molar refractivity (Wildman–Crippen MR) is 50.5 cm³/mol. The van der Waals surface area contributed by atoms with Crippen molar-refractivity contribution in [1.82, 2.24) is 0 Å². The van der Waals surface area contributed by atoms with Crippen molar-refractivity contribution in [1.29, 1.82) is 0 Å². The van der Waals surface area contributed by atoms with Crippen LogP contribution in [0.25, 0.3) is 0 Å². The molecule has 0 saturated carbocycles. The molecule has 0 aromatic carbocycles. The first kappa shape index (κ1) is 23.4. The first-order chi connectivity index (χ1) is 4.29. The van der Waals surface area contributed by atoms with Crippen LogP contribution in [0, 0.1) is 0 Å². The Hall–Kier alpha value is 0.496. The number of hydrogen-bond donors (Lipinski definition) is 1. The third kappa shape index (κ3) is 10.4. The molecule has 13 heavy (non-hydrogen) atoms. The van der Waals surface area contributed by atoms with Crippen LogP contribution in [0.5, 0.6) is 5.95 Å². The minimum Gasteiger partial charge on any atom is -1.00 e. The summed E-state index contributed by atoms with van der Waals surface area (Å²) in [5.41, 5.74) is 0. The van der Waals surface area contributed by atoms with Gasteiger partial charge in [-0.05, 0) is 6.07 Å². The van der Waals surface area contributed by atoms with Gasteiger partial charge in [0.05, 0.1) is 6.26 Å². The maximum atomic E-state index is 9.78. The van der Waals surface area contributed by atoms with Gasteiger partial charge in [0.25, 0.3) is 5.95 Å². The Morgan fingerprint density at radius 1 is 1.54 bits per heavy atom. The van der Waals surface area contributed by atoms with E-state index in [1.54, 1.807) is 0 Å². The molecule has 0 unspecified atom stereocenters. The van der Waals surface area contributed by atoms with Gasteiger partial charge in [-0.15, -0.1) is 0 Å². The van der Waals surface area contributed by atoms with Gasteiger partial charge in [-0.25, -0.2) is 4.79 Å². The molecule has 1 heterocycles. The number of carbonyl (C=O) groups is 1. The zero-order valence-corrected chi connectivity index (χ0v) is 10.4. The van der Waals surface area contributed by atoms with Gasteiger partial charge in [0.1, 0.15) is 0 Å². The summed E-state index contributed by atoms with van der Waals surface area (Å²) in [5.74, 6) is -0.0116. The topological polar surface area (TPSA) is 123 Å². The largest absolute Gasteiger partial charge is 2.00 e. The normalized spacial score (nSPS) is 6.15. The molecule has 8 heteroatoms. The Morgan fingerprint density at radius 2 is 2.08 bits per heavy atom. The fourth-order valence-corrected chi connectivity index (χ4v) is 0.408. The molecule has 0 radical (unpaired) electrons. The molecule has 0 fully saturated rings. The van der Waals surface area contributed by atoms with Crippen molar-refractivity contribution in [2.24, 2.45) is 0 Å². The first-order valence-electron chi connectivity index (χ1n) is 2.23. The van der Waals surface area contributed by atoms with Gasteiger partial charge in [-0.2, -0.15) is 0 Å². The molecule has 6 nitrogen and oxygen atoms in total. The van der Waals surface area contributed by atoms with Crippen LogP contribution in [-0.2, 0) is 0 Å². The Labute approximate surface area is 126 Å². The second kappa shape index (κ2) is 12.5. The summed E-state index contributed by atoms with van der Waals surface area (Å²) in [6.07, 6.45) is -0.0388. The van der Waals surface area contributed by atoms with Crippen LogP contribution in [0.4, 0.5) is 4.79 Å². The first-order valence-corrected chi connectivity index (χ1v) is 2.23. The van der Waals surface area contributed by atoms with Gasteiger partial charge >= 0.3 is 66.9 Å². The standard InChI is InChI=1S/C5H4O4.Ca.Mg.2H2O.4H/c6-5(7)9-4-2-1-3-8-4;;;;;;;;/h1-3H,(H,6,7);;;2*1H2;;;;/q;2*+2;;;4*-1. The van der Waals surface area contributed by atoms with Crippen molar-refractivity contribution in [3.05, 3.63) is 18.4 Å². The van der Waals surface area contributed by atoms with Crippen molar-refractivity contribution >= 4 is 66.9 Å². The predicted octanol–water partition coefficient (Wildman–Crippen LogP) is -0.625. The van der Waals surface area contributed by atoms with Gasteiger partial charge in [0.15, 0.2) is 0 Å². The van der Waals surface area contributed by atoms with E-state index in [1.165, 1.54) is 18.4 Å². The zero-order valence-electron chi connectivity index (χ0n) is 10.8. The van der Waals surface area contributed by atoms with E-state index in [0.717, 1.165) is 0 Å². The van der Waals surface area contributed by atoms with Gasteiger partial charge < -0.3 is 30.9 Å². The van der Waals surface area contributed by atoms with E-state index in [2.05, 4.69) is 9.15 Å². The average Bonchev–Trinajstić information content (AvgIpc) is 2.15. The number of ether oxygens (including phenoxy) is 1. The van der Waals surface area contributed by atoms with Gasteiger partial charge in [-0.1, -0.05) is 0 Å². The van der Waals surface area contributed by atoms with E-state index in [4.69, 9.17) is 5.11 Å². The quantitative estimate of drug-likeness (QED) is 0.512. The van der Waals surface area contributed by atoms with Gasteiger partial charge in [0, 0.05) is 6.07 Å². The fourth-order valence-electron chi connectivity index (χ4n) is 0.408. The molecule has 0 bridgehead atoms. The molecular formula is C5H12CaMgO6. The van der Waals surface area contributed by atoms with Crippen LogP contribution in [-0.4, -0.2) is 83.0 Å². The van der Waals surface area contributed by atoms with Crippen molar-refractivity contribution < 1.29 is 35.7 Å². The molecule has 1 aromatic heterocycles. The van der Waals surface area contributed by atoms with Gasteiger partial charge in [0.2, 0.25) is 0 Å². The second-order valence-electron chi connectivity index (χ2n) is 1.30.